The fraction of sp³-hybridized carbons (Fsp3) is 1.00. The minimum absolute atomic E-state index is 0.835. The first kappa shape index (κ1) is 29.4. The lowest BCUT2D eigenvalue weighted by Crippen LogP contribution is -3.05. The number of hydrogen-bond donors (Lipinski definition) is 1. The van der Waals surface area contributed by atoms with Gasteiger partial charge in [-0.05, 0) is 0 Å². The monoisotopic (exact) mass is 410 g/mol. The van der Waals surface area contributed by atoms with Crippen LogP contribution in [0.25, 0.3) is 0 Å². The van der Waals surface area contributed by atoms with E-state index >= 15 is 0 Å². The van der Waals surface area contributed by atoms with Crippen LogP contribution >= 0.6 is 10.9 Å². The van der Waals surface area contributed by atoms with Crippen LogP contribution < -0.4 is 4.90 Å². The Kier molecular flexibility index (Phi) is 24.5. The highest BCUT2D eigenvalue weighted by Gasteiger charge is 2.22. The minimum atomic E-state index is -1.72. The maximum atomic E-state index is 5.25. The van der Waals surface area contributed by atoms with Crippen molar-refractivity contribution in [3.05, 3.63) is 0 Å². The molecule has 0 atom stereocenters. The first-order valence-electron chi connectivity index (χ1n) is 11.3. The molecular weight excluding hydrogens is 358 g/mol. The van der Waals surface area contributed by atoms with E-state index in [4.69, 9.17) is 12.5 Å². The van der Waals surface area contributed by atoms with Crippen LogP contribution in [-0.4, -0.2) is 47.7 Å². The van der Waals surface area contributed by atoms with Crippen LogP contribution in [0.5, 0.6) is 0 Å². The Morgan fingerprint density at radius 1 is 0.556 bits per heavy atom. The number of rotatable bonds is 18. The molecule has 1 N–H and O–H groups in total. The predicted octanol–water partition coefficient (Wildman–Crippen LogP) is 5.72. The summed E-state index contributed by atoms with van der Waals surface area (Å²) in [6, 6.07) is 0. The normalized spacial score (nSPS) is 12.1. The summed E-state index contributed by atoms with van der Waals surface area (Å²) in [5.41, 5.74) is 0. The van der Waals surface area contributed by atoms with Gasteiger partial charge in [0.25, 0.3) is 0 Å². The molecule has 4 nitrogen and oxygen atoms in total. The summed E-state index contributed by atoms with van der Waals surface area (Å²) >= 11 is 0. The van der Waals surface area contributed by atoms with Crippen molar-refractivity contribution in [3.8, 4) is 0 Å². The molecule has 27 heavy (non-hydrogen) atoms. The summed E-state index contributed by atoms with van der Waals surface area (Å²) in [6.07, 6.45) is 18.5. The number of nitrogens with one attached hydrogen (secondary N) is 1. The van der Waals surface area contributed by atoms with Crippen molar-refractivity contribution in [3.63, 3.8) is 0 Å². The van der Waals surface area contributed by atoms with E-state index in [1.165, 1.54) is 81.9 Å². The van der Waals surface area contributed by atoms with Crippen LogP contribution in [0.4, 0.5) is 0 Å². The molecule has 0 spiro atoms. The van der Waals surface area contributed by atoms with E-state index in [9.17, 15) is 0 Å². The second-order valence-electron chi connectivity index (χ2n) is 7.61. The van der Waals surface area contributed by atoms with Crippen molar-refractivity contribution in [2.24, 2.45) is 0 Å². The van der Waals surface area contributed by atoms with E-state index < -0.39 is 10.9 Å². The van der Waals surface area contributed by atoms with E-state index in [2.05, 4.69) is 27.9 Å². The third-order valence-electron chi connectivity index (χ3n) is 4.79. The van der Waals surface area contributed by atoms with Crippen molar-refractivity contribution < 1.29 is 17.4 Å². The summed E-state index contributed by atoms with van der Waals surface area (Å²) in [5.74, 6) is 0.835. The number of unbranched alkanes of at least 4 members (excludes halogenated alkanes) is 11. The Bertz CT molecular complexity index is 254. The molecule has 0 aromatic carbocycles. The summed E-state index contributed by atoms with van der Waals surface area (Å²) in [6.45, 7) is 5.67. The molecule has 0 heterocycles. The number of quaternary nitrogens is 1. The zero-order valence-corrected chi connectivity index (χ0v) is 20.6. The van der Waals surface area contributed by atoms with Crippen LogP contribution in [0.3, 0.4) is 0 Å². The van der Waals surface area contributed by atoms with Gasteiger partial charge in [-0.2, -0.15) is 0 Å². The van der Waals surface area contributed by atoms with Crippen LogP contribution in [0.2, 0.25) is 0 Å². The topological polar surface area (TPSA) is 32.1 Å². The largest absolute Gasteiger partial charge is 0.340 e. The minimum Gasteiger partial charge on any atom is -0.340 e. The van der Waals surface area contributed by atoms with Gasteiger partial charge in [-0.3, -0.25) is 12.5 Å². The van der Waals surface area contributed by atoms with Gasteiger partial charge in [-0.15, -0.1) is 0 Å². The van der Waals surface area contributed by atoms with Gasteiger partial charge in [0.15, 0.2) is 0 Å². The molecular formula is C22H52NO3S+. The first-order valence-corrected chi connectivity index (χ1v) is 12.9. The highest BCUT2D eigenvalue weighted by molar-refractivity contribution is 8.21. The van der Waals surface area contributed by atoms with Crippen molar-refractivity contribution >= 4 is 10.9 Å². The van der Waals surface area contributed by atoms with E-state index in [1.807, 2.05) is 0 Å². The fourth-order valence-corrected chi connectivity index (χ4v) is 4.38. The smallest absolute Gasteiger partial charge is 0.0881 e. The molecule has 0 saturated carbocycles. The molecule has 0 aliphatic carbocycles. The van der Waals surface area contributed by atoms with Gasteiger partial charge in [-0.1, -0.05) is 90.9 Å². The van der Waals surface area contributed by atoms with Gasteiger partial charge in [0.1, 0.15) is 0 Å². The van der Waals surface area contributed by atoms with Gasteiger partial charge < -0.3 is 4.90 Å². The van der Waals surface area contributed by atoms with Crippen LogP contribution in [-0.2, 0) is 12.5 Å². The van der Waals surface area contributed by atoms with Gasteiger partial charge in [0.05, 0.1) is 58.6 Å². The Balaban J connectivity index is 0. The Hall–Kier alpha value is 0.190. The molecule has 0 unspecified atom stereocenters. The van der Waals surface area contributed by atoms with Crippen LogP contribution in [0.15, 0.2) is 0 Å². The molecule has 5 heteroatoms. The molecule has 0 bridgehead atoms. The molecule has 0 fully saturated rings. The second kappa shape index (κ2) is 22.5. The highest BCUT2D eigenvalue weighted by atomic mass is 32.3. The summed E-state index contributed by atoms with van der Waals surface area (Å²) in [4.78, 5) is 1.43. The quantitative estimate of drug-likeness (QED) is 0.293. The third kappa shape index (κ3) is 20.7. The molecule has 168 valence electrons. The average molecular weight is 411 g/mol. The second-order valence-corrected chi connectivity index (χ2v) is 10.1. The lowest BCUT2D eigenvalue weighted by atomic mass is 10.1. The first-order chi connectivity index (χ1) is 13.0. The molecule has 0 aliphatic rings. The molecule has 0 rings (SSSR count). The standard InChI is InChI=1S/C14H30.C8H21NO3S/c1-3-5-7-9-11-13-14-12-10-8-6-4-2;1-9(2)7-6-8-13(10-3,11-4)12-5/h3-14H2,1-2H3;6-8H2,1-5H3/p+1. The molecule has 0 saturated heterocycles. The number of hydrogen-bond acceptors (Lipinski definition) is 3. The molecule has 0 aromatic heterocycles. The van der Waals surface area contributed by atoms with Gasteiger partial charge in [-0.25, -0.2) is 0 Å². The average Bonchev–Trinajstić information content (AvgIpc) is 2.67. The summed E-state index contributed by atoms with van der Waals surface area (Å²) in [5, 5.41) is 0. The summed E-state index contributed by atoms with van der Waals surface area (Å²) in [7, 11) is 7.43. The van der Waals surface area contributed by atoms with Crippen LogP contribution in [0.1, 0.15) is 97.3 Å². The van der Waals surface area contributed by atoms with Gasteiger partial charge >= 0.3 is 0 Å². The van der Waals surface area contributed by atoms with E-state index in [-0.39, 0.29) is 0 Å². The molecule has 0 aromatic rings. The van der Waals surface area contributed by atoms with Crippen molar-refractivity contribution in [2.75, 3.05) is 47.7 Å². The van der Waals surface area contributed by atoms with E-state index in [0.29, 0.717) is 0 Å². The van der Waals surface area contributed by atoms with Gasteiger partial charge in [0.2, 0.25) is 0 Å². The van der Waals surface area contributed by atoms with Gasteiger partial charge in [0, 0.05) is 6.42 Å². The third-order valence-corrected chi connectivity index (χ3v) is 7.10. The Labute approximate surface area is 173 Å². The maximum absolute atomic E-state index is 5.25. The summed E-state index contributed by atoms with van der Waals surface area (Å²) < 4.78 is 15.7. The van der Waals surface area contributed by atoms with Crippen molar-refractivity contribution in [1.82, 2.24) is 0 Å². The molecule has 0 amide bonds. The maximum Gasteiger partial charge on any atom is 0.0881 e. The van der Waals surface area contributed by atoms with Crippen molar-refractivity contribution in [2.45, 2.75) is 97.3 Å². The zero-order valence-electron chi connectivity index (χ0n) is 19.7. The molecule has 0 aliphatic heterocycles. The lowest BCUT2D eigenvalue weighted by molar-refractivity contribution is -0.858. The highest BCUT2D eigenvalue weighted by Crippen LogP contribution is 2.49. The van der Waals surface area contributed by atoms with Crippen molar-refractivity contribution in [1.29, 1.82) is 0 Å². The van der Waals surface area contributed by atoms with E-state index in [1.54, 1.807) is 21.3 Å². The van der Waals surface area contributed by atoms with E-state index in [0.717, 1.165) is 18.7 Å². The fourth-order valence-electron chi connectivity index (χ4n) is 2.97. The Morgan fingerprint density at radius 2 is 0.889 bits per heavy atom. The SMILES string of the molecule is CCCCCCCCCCCCCC.COS(CCC[NH+](C)C)(OC)OC. The molecule has 0 radical (unpaired) electrons. The zero-order chi connectivity index (χ0) is 20.8. The van der Waals surface area contributed by atoms with Crippen LogP contribution in [0, 0.1) is 0 Å². The lowest BCUT2D eigenvalue weighted by Gasteiger charge is -2.33. The predicted molar refractivity (Wildman–Crippen MR) is 123 cm³/mol. The Morgan fingerprint density at radius 3 is 1.15 bits per heavy atom.